The van der Waals surface area contributed by atoms with Crippen LogP contribution in [0.25, 0.3) is 0 Å². The van der Waals surface area contributed by atoms with Crippen molar-refractivity contribution in [2.75, 3.05) is 7.11 Å². The van der Waals surface area contributed by atoms with E-state index in [2.05, 4.69) is 26.1 Å². The van der Waals surface area contributed by atoms with Gasteiger partial charge in [-0.2, -0.15) is 0 Å². The molecule has 2 unspecified atom stereocenters. The molecule has 3 nitrogen and oxygen atoms in total. The molecule has 21 heavy (non-hydrogen) atoms. The van der Waals surface area contributed by atoms with E-state index in [0.717, 1.165) is 19.3 Å². The van der Waals surface area contributed by atoms with Gasteiger partial charge in [0.25, 0.3) is 0 Å². The van der Waals surface area contributed by atoms with Crippen molar-refractivity contribution in [3.8, 4) is 0 Å². The zero-order valence-electron chi connectivity index (χ0n) is 14.3. The standard InChI is InChI=1S/C18H33NO2/c1-14-13-17(2,3)11-12-18(14,16(20)21-4)19-15-9-7-5-6-8-10-15/h14-15,19H,5-13H2,1-4H3. The summed E-state index contributed by atoms with van der Waals surface area (Å²) < 4.78 is 5.20. The number of hydrogen-bond acceptors (Lipinski definition) is 3. The van der Waals surface area contributed by atoms with Crippen LogP contribution in [0.5, 0.6) is 0 Å². The minimum absolute atomic E-state index is 0.0465. The van der Waals surface area contributed by atoms with Gasteiger partial charge in [0.05, 0.1) is 7.11 Å². The molecule has 1 N–H and O–H groups in total. The van der Waals surface area contributed by atoms with Crippen LogP contribution < -0.4 is 5.32 Å². The third-order valence-electron chi connectivity index (χ3n) is 5.76. The lowest BCUT2D eigenvalue weighted by atomic mass is 9.63. The van der Waals surface area contributed by atoms with Crippen LogP contribution >= 0.6 is 0 Å². The van der Waals surface area contributed by atoms with Crippen molar-refractivity contribution in [3.63, 3.8) is 0 Å². The summed E-state index contributed by atoms with van der Waals surface area (Å²) in [7, 11) is 1.53. The predicted molar refractivity (Wildman–Crippen MR) is 86.2 cm³/mol. The van der Waals surface area contributed by atoms with Crippen LogP contribution in [0, 0.1) is 11.3 Å². The Kier molecular flexibility index (Phi) is 5.34. The number of rotatable bonds is 3. The van der Waals surface area contributed by atoms with Gasteiger partial charge in [-0.15, -0.1) is 0 Å². The Morgan fingerprint density at radius 1 is 1.10 bits per heavy atom. The van der Waals surface area contributed by atoms with Gasteiger partial charge in [0, 0.05) is 6.04 Å². The zero-order valence-corrected chi connectivity index (χ0v) is 14.3. The van der Waals surface area contributed by atoms with Gasteiger partial charge < -0.3 is 4.74 Å². The summed E-state index contributed by atoms with van der Waals surface area (Å²) in [5, 5.41) is 3.78. The minimum atomic E-state index is -0.459. The van der Waals surface area contributed by atoms with Crippen molar-refractivity contribution < 1.29 is 9.53 Å². The second-order valence-electron chi connectivity index (χ2n) is 8.07. The molecule has 3 heteroatoms. The largest absolute Gasteiger partial charge is 0.468 e. The molecular weight excluding hydrogens is 262 g/mol. The maximum Gasteiger partial charge on any atom is 0.326 e. The van der Waals surface area contributed by atoms with Crippen LogP contribution in [0.4, 0.5) is 0 Å². The Bertz CT molecular complexity index is 358. The van der Waals surface area contributed by atoms with E-state index in [1.165, 1.54) is 45.6 Å². The molecule has 0 aromatic heterocycles. The van der Waals surface area contributed by atoms with Crippen molar-refractivity contribution in [3.05, 3.63) is 0 Å². The molecule has 0 radical (unpaired) electrons. The van der Waals surface area contributed by atoms with Gasteiger partial charge in [-0.3, -0.25) is 10.1 Å². The highest BCUT2D eigenvalue weighted by Crippen LogP contribution is 2.45. The van der Waals surface area contributed by atoms with E-state index < -0.39 is 5.54 Å². The van der Waals surface area contributed by atoms with Gasteiger partial charge in [-0.05, 0) is 43.4 Å². The average molecular weight is 295 g/mol. The number of hydrogen-bond donors (Lipinski definition) is 1. The van der Waals surface area contributed by atoms with Crippen LogP contribution in [0.3, 0.4) is 0 Å². The van der Waals surface area contributed by atoms with Crippen molar-refractivity contribution in [2.24, 2.45) is 11.3 Å². The number of methoxy groups -OCH3 is 1. The van der Waals surface area contributed by atoms with Gasteiger partial charge >= 0.3 is 5.97 Å². The first-order chi connectivity index (χ1) is 9.89. The summed E-state index contributed by atoms with van der Waals surface area (Å²) in [5.41, 5.74) is -0.124. The van der Waals surface area contributed by atoms with Crippen molar-refractivity contribution >= 4 is 5.97 Å². The molecule has 0 aromatic carbocycles. The fourth-order valence-corrected chi connectivity index (χ4v) is 4.43. The van der Waals surface area contributed by atoms with Gasteiger partial charge in [-0.25, -0.2) is 0 Å². The molecule has 0 saturated heterocycles. The monoisotopic (exact) mass is 295 g/mol. The van der Waals surface area contributed by atoms with Crippen LogP contribution in [-0.4, -0.2) is 24.7 Å². The summed E-state index contributed by atoms with van der Waals surface area (Å²) in [6.07, 6.45) is 10.7. The molecule has 2 rings (SSSR count). The molecule has 2 fully saturated rings. The van der Waals surface area contributed by atoms with E-state index in [9.17, 15) is 4.79 Å². The van der Waals surface area contributed by atoms with Crippen LogP contribution in [0.15, 0.2) is 0 Å². The van der Waals surface area contributed by atoms with Gasteiger partial charge in [0.2, 0.25) is 0 Å². The second-order valence-corrected chi connectivity index (χ2v) is 8.07. The highest BCUT2D eigenvalue weighted by molar-refractivity contribution is 5.81. The van der Waals surface area contributed by atoms with Gasteiger partial charge in [0.1, 0.15) is 5.54 Å². The Hall–Kier alpha value is -0.570. The summed E-state index contributed by atoms with van der Waals surface area (Å²) in [4.78, 5) is 12.6. The molecule has 2 aliphatic carbocycles. The topological polar surface area (TPSA) is 38.3 Å². The van der Waals surface area contributed by atoms with Crippen molar-refractivity contribution in [2.45, 2.75) is 90.1 Å². The highest BCUT2D eigenvalue weighted by atomic mass is 16.5. The average Bonchev–Trinajstić information content (AvgIpc) is 2.69. The Labute approximate surface area is 130 Å². The predicted octanol–water partition coefficient (Wildman–Crippen LogP) is 4.06. The summed E-state index contributed by atoms with van der Waals surface area (Å²) in [5.74, 6) is 0.284. The van der Waals surface area contributed by atoms with Crippen LogP contribution in [-0.2, 0) is 9.53 Å². The molecule has 0 aromatic rings. The molecule has 2 atom stereocenters. The van der Waals surface area contributed by atoms with Gasteiger partial charge in [-0.1, -0.05) is 46.5 Å². The molecule has 0 spiro atoms. The third-order valence-corrected chi connectivity index (χ3v) is 5.76. The van der Waals surface area contributed by atoms with Crippen LogP contribution in [0.2, 0.25) is 0 Å². The highest BCUT2D eigenvalue weighted by Gasteiger charge is 2.50. The Morgan fingerprint density at radius 3 is 2.24 bits per heavy atom. The molecule has 0 aliphatic heterocycles. The number of carbonyl (C=O) groups is 1. The fourth-order valence-electron chi connectivity index (χ4n) is 4.43. The Morgan fingerprint density at radius 2 is 1.71 bits per heavy atom. The number of carbonyl (C=O) groups excluding carboxylic acids is 1. The van der Waals surface area contributed by atoms with Crippen molar-refractivity contribution in [1.82, 2.24) is 5.32 Å². The minimum Gasteiger partial charge on any atom is -0.468 e. The van der Waals surface area contributed by atoms with Crippen molar-refractivity contribution in [1.29, 1.82) is 0 Å². The lowest BCUT2D eigenvalue weighted by molar-refractivity contribution is -0.155. The van der Waals surface area contributed by atoms with Gasteiger partial charge in [0.15, 0.2) is 0 Å². The van der Waals surface area contributed by atoms with E-state index in [-0.39, 0.29) is 5.97 Å². The summed E-state index contributed by atoms with van der Waals surface area (Å²) in [6, 6.07) is 0.482. The molecular formula is C18H33NO2. The third kappa shape index (κ3) is 3.80. The quantitative estimate of drug-likeness (QED) is 0.630. The Balaban J connectivity index is 2.15. The van der Waals surface area contributed by atoms with E-state index in [0.29, 0.717) is 17.4 Å². The molecule has 0 bridgehead atoms. The number of esters is 1. The van der Waals surface area contributed by atoms with Crippen LogP contribution in [0.1, 0.15) is 78.6 Å². The maximum atomic E-state index is 12.6. The fraction of sp³-hybridized carbons (Fsp3) is 0.944. The summed E-state index contributed by atoms with van der Waals surface area (Å²) in [6.45, 7) is 6.86. The van der Waals surface area contributed by atoms with E-state index in [4.69, 9.17) is 4.74 Å². The van der Waals surface area contributed by atoms with E-state index >= 15 is 0 Å². The number of ether oxygens (including phenoxy) is 1. The smallest absolute Gasteiger partial charge is 0.326 e. The molecule has 2 aliphatic rings. The van der Waals surface area contributed by atoms with E-state index in [1.807, 2.05) is 0 Å². The molecule has 2 saturated carbocycles. The second kappa shape index (κ2) is 6.68. The number of nitrogens with one attached hydrogen (secondary N) is 1. The zero-order chi connectivity index (χ0) is 15.5. The molecule has 0 heterocycles. The molecule has 122 valence electrons. The first-order valence-corrected chi connectivity index (χ1v) is 8.76. The molecule has 0 amide bonds. The van der Waals surface area contributed by atoms with E-state index in [1.54, 1.807) is 0 Å². The lowest BCUT2D eigenvalue weighted by Crippen LogP contribution is -2.63. The summed E-state index contributed by atoms with van der Waals surface area (Å²) >= 11 is 0. The lowest BCUT2D eigenvalue weighted by Gasteiger charge is -2.48. The SMILES string of the molecule is COC(=O)C1(NC2CCCCCC2)CCC(C)(C)CC1C. The first kappa shape index (κ1) is 16.8. The normalized spacial score (nSPS) is 34.2. The first-order valence-electron chi connectivity index (χ1n) is 8.76. The maximum absolute atomic E-state index is 12.6.